The van der Waals surface area contributed by atoms with E-state index in [1.165, 1.54) is 35.9 Å². The molecule has 0 spiro atoms. The molecule has 0 aliphatic carbocycles. The molecule has 1 aliphatic rings. The second-order valence-electron chi connectivity index (χ2n) is 6.16. The average Bonchev–Trinajstić information content (AvgIpc) is 2.95. The second-order valence-corrected chi connectivity index (χ2v) is 8.36. The number of rotatable bonds is 7. The number of carbonyl (C=O) groups is 1. The Hall–Kier alpha value is -1.80. The molecule has 2 aromatic rings. The summed E-state index contributed by atoms with van der Waals surface area (Å²) in [6.07, 6.45) is 4.70. The lowest BCUT2D eigenvalue weighted by atomic mass is 10.2. The van der Waals surface area contributed by atoms with Crippen LogP contribution in [0.5, 0.6) is 5.75 Å². The number of aromatic nitrogens is 2. The maximum Gasteiger partial charge on any atom is 0.233 e. The molecule has 6 nitrogen and oxygen atoms in total. The molecule has 1 N–H and O–H groups in total. The fourth-order valence-electron chi connectivity index (χ4n) is 2.80. The Bertz CT molecular complexity index is 697. The van der Waals surface area contributed by atoms with Gasteiger partial charge in [0.25, 0.3) is 0 Å². The highest BCUT2D eigenvalue weighted by molar-refractivity contribution is 8.01. The Labute approximate surface area is 162 Å². The van der Waals surface area contributed by atoms with Crippen molar-refractivity contribution in [3.63, 3.8) is 0 Å². The number of nitrogens with zero attached hydrogens (tertiary/aromatic N) is 3. The minimum atomic E-state index is 0.208. The van der Waals surface area contributed by atoms with E-state index in [0.717, 1.165) is 46.7 Å². The lowest BCUT2D eigenvalue weighted by molar-refractivity contribution is -0.128. The van der Waals surface area contributed by atoms with Crippen molar-refractivity contribution in [3.05, 3.63) is 29.8 Å². The summed E-state index contributed by atoms with van der Waals surface area (Å²) in [5.74, 6) is 1.49. The van der Waals surface area contributed by atoms with Crippen molar-refractivity contribution in [2.24, 2.45) is 0 Å². The smallest absolute Gasteiger partial charge is 0.233 e. The number of benzene rings is 1. The van der Waals surface area contributed by atoms with Gasteiger partial charge in [0.2, 0.25) is 11.0 Å². The molecule has 1 aromatic carbocycles. The molecule has 3 rings (SSSR count). The van der Waals surface area contributed by atoms with Crippen LogP contribution in [0.25, 0.3) is 0 Å². The number of ether oxygens (including phenoxy) is 1. The van der Waals surface area contributed by atoms with Crippen LogP contribution < -0.4 is 10.1 Å². The third kappa shape index (κ3) is 5.60. The van der Waals surface area contributed by atoms with Crippen LogP contribution in [0.3, 0.4) is 0 Å². The van der Waals surface area contributed by atoms with Crippen LogP contribution in [0, 0.1) is 0 Å². The molecule has 1 saturated heterocycles. The average molecular weight is 393 g/mol. The van der Waals surface area contributed by atoms with Gasteiger partial charge in [-0.3, -0.25) is 4.79 Å². The van der Waals surface area contributed by atoms with E-state index in [0.29, 0.717) is 12.3 Å². The van der Waals surface area contributed by atoms with Gasteiger partial charge in [-0.2, -0.15) is 0 Å². The molecule has 0 unspecified atom stereocenters. The Morgan fingerprint density at radius 1 is 1.19 bits per heavy atom. The number of anilines is 1. The van der Waals surface area contributed by atoms with Gasteiger partial charge >= 0.3 is 0 Å². The fraction of sp³-hybridized carbons (Fsp3) is 0.500. The van der Waals surface area contributed by atoms with Gasteiger partial charge in [-0.1, -0.05) is 48.1 Å². The summed E-state index contributed by atoms with van der Waals surface area (Å²) in [6, 6.07) is 7.91. The van der Waals surface area contributed by atoms with Gasteiger partial charge in [0.15, 0.2) is 4.34 Å². The van der Waals surface area contributed by atoms with E-state index in [4.69, 9.17) is 4.74 Å². The van der Waals surface area contributed by atoms with E-state index in [1.807, 2.05) is 29.2 Å². The molecular formula is C18H24N4O2S2. The number of hydrogen-bond donors (Lipinski definition) is 1. The first kappa shape index (κ1) is 19.0. The van der Waals surface area contributed by atoms with Crippen LogP contribution >= 0.6 is 23.1 Å². The molecular weight excluding hydrogens is 368 g/mol. The Kier molecular flexibility index (Phi) is 7.13. The van der Waals surface area contributed by atoms with Gasteiger partial charge in [-0.25, -0.2) is 0 Å². The summed E-state index contributed by atoms with van der Waals surface area (Å²) in [5.41, 5.74) is 1.14. The van der Waals surface area contributed by atoms with Crippen molar-refractivity contribution in [2.45, 2.75) is 36.6 Å². The van der Waals surface area contributed by atoms with Crippen LogP contribution in [-0.2, 0) is 11.3 Å². The monoisotopic (exact) mass is 392 g/mol. The fourth-order valence-corrected chi connectivity index (χ4v) is 4.45. The first-order valence-electron chi connectivity index (χ1n) is 8.85. The number of methoxy groups -OCH3 is 1. The highest BCUT2D eigenvalue weighted by Crippen LogP contribution is 2.26. The van der Waals surface area contributed by atoms with Gasteiger partial charge in [-0.05, 0) is 30.5 Å². The molecule has 8 heteroatoms. The van der Waals surface area contributed by atoms with Crippen molar-refractivity contribution in [3.8, 4) is 5.75 Å². The molecule has 26 heavy (non-hydrogen) atoms. The number of carbonyl (C=O) groups excluding carboxylic acids is 1. The topological polar surface area (TPSA) is 67.3 Å². The van der Waals surface area contributed by atoms with Gasteiger partial charge < -0.3 is 15.0 Å². The van der Waals surface area contributed by atoms with Crippen LogP contribution in [0.15, 0.2) is 28.6 Å². The summed E-state index contributed by atoms with van der Waals surface area (Å²) in [5, 5.41) is 12.4. The molecule has 1 aromatic heterocycles. The van der Waals surface area contributed by atoms with Gasteiger partial charge in [0.1, 0.15) is 5.75 Å². The first-order valence-corrected chi connectivity index (χ1v) is 10.7. The summed E-state index contributed by atoms with van der Waals surface area (Å²) in [7, 11) is 1.66. The van der Waals surface area contributed by atoms with Gasteiger partial charge in [-0.15, -0.1) is 10.2 Å². The van der Waals surface area contributed by atoms with Gasteiger partial charge in [0.05, 0.1) is 12.9 Å². The molecule has 2 heterocycles. The van der Waals surface area contributed by atoms with Crippen molar-refractivity contribution < 1.29 is 9.53 Å². The SMILES string of the molecule is COc1ccc(CNc2nnc(SCC(=O)N3CCCCCC3)s2)cc1. The van der Waals surface area contributed by atoms with Gasteiger partial charge in [0, 0.05) is 19.6 Å². The van der Waals surface area contributed by atoms with Crippen LogP contribution in [0.2, 0.25) is 0 Å². The molecule has 0 radical (unpaired) electrons. The normalized spacial score (nSPS) is 14.7. The Morgan fingerprint density at radius 2 is 1.92 bits per heavy atom. The predicted octanol–water partition coefficient (Wildman–Crippen LogP) is 3.65. The summed E-state index contributed by atoms with van der Waals surface area (Å²) in [6.45, 7) is 2.46. The molecule has 1 aliphatic heterocycles. The third-order valence-corrected chi connectivity index (χ3v) is 6.29. The van der Waals surface area contributed by atoms with Crippen LogP contribution in [0.4, 0.5) is 5.13 Å². The van der Waals surface area contributed by atoms with E-state index >= 15 is 0 Å². The maximum absolute atomic E-state index is 12.3. The molecule has 0 saturated carbocycles. The summed E-state index contributed by atoms with van der Waals surface area (Å²) in [4.78, 5) is 14.3. The largest absolute Gasteiger partial charge is 0.497 e. The lowest BCUT2D eigenvalue weighted by Gasteiger charge is -2.19. The zero-order valence-corrected chi connectivity index (χ0v) is 16.6. The zero-order chi connectivity index (χ0) is 18.2. The minimum absolute atomic E-state index is 0.208. The maximum atomic E-state index is 12.3. The Balaban J connectivity index is 1.44. The number of amides is 1. The molecule has 1 amide bonds. The van der Waals surface area contributed by atoms with Crippen molar-refractivity contribution in [1.29, 1.82) is 0 Å². The number of nitrogens with one attached hydrogen (secondary N) is 1. The first-order chi connectivity index (χ1) is 12.7. The minimum Gasteiger partial charge on any atom is -0.497 e. The van der Waals surface area contributed by atoms with Crippen molar-refractivity contribution in [2.75, 3.05) is 31.3 Å². The van der Waals surface area contributed by atoms with Crippen LogP contribution in [-0.4, -0.2) is 47.0 Å². The van der Waals surface area contributed by atoms with E-state index < -0.39 is 0 Å². The third-order valence-electron chi connectivity index (χ3n) is 4.29. The van der Waals surface area contributed by atoms with Crippen LogP contribution in [0.1, 0.15) is 31.2 Å². The highest BCUT2D eigenvalue weighted by Gasteiger charge is 2.16. The van der Waals surface area contributed by atoms with Crippen molar-refractivity contribution in [1.82, 2.24) is 15.1 Å². The predicted molar refractivity (Wildman–Crippen MR) is 106 cm³/mol. The zero-order valence-electron chi connectivity index (χ0n) is 14.9. The number of thioether (sulfide) groups is 1. The standard InChI is InChI=1S/C18H24N4O2S2/c1-24-15-8-6-14(7-9-15)12-19-17-20-21-18(26-17)25-13-16(23)22-10-4-2-3-5-11-22/h6-9H,2-5,10-13H2,1H3,(H,19,20). The number of likely N-dealkylation sites (tertiary alicyclic amines) is 1. The van der Waals surface area contributed by atoms with Crippen molar-refractivity contribution >= 4 is 34.1 Å². The molecule has 0 atom stereocenters. The quantitative estimate of drug-likeness (QED) is 0.726. The Morgan fingerprint density at radius 3 is 2.62 bits per heavy atom. The summed E-state index contributed by atoms with van der Waals surface area (Å²) < 4.78 is 5.98. The molecule has 1 fully saturated rings. The highest BCUT2D eigenvalue weighted by atomic mass is 32.2. The van der Waals surface area contributed by atoms with E-state index in [-0.39, 0.29) is 5.91 Å². The number of hydrogen-bond acceptors (Lipinski definition) is 7. The molecule has 0 bridgehead atoms. The second kappa shape index (κ2) is 9.78. The van der Waals surface area contributed by atoms with E-state index in [2.05, 4.69) is 15.5 Å². The van der Waals surface area contributed by atoms with E-state index in [1.54, 1.807) is 7.11 Å². The molecule has 140 valence electrons. The summed E-state index contributed by atoms with van der Waals surface area (Å²) >= 11 is 2.96. The lowest BCUT2D eigenvalue weighted by Crippen LogP contribution is -2.33. The van der Waals surface area contributed by atoms with E-state index in [9.17, 15) is 4.79 Å².